The zero-order chi connectivity index (χ0) is 25.9. The number of carbonyl (C=O) groups is 2. The fourth-order valence-corrected chi connectivity index (χ4v) is 5.41. The molecule has 0 radical (unpaired) electrons. The maximum Gasteiger partial charge on any atom is 0.435 e. The lowest BCUT2D eigenvalue weighted by atomic mass is 10.1. The van der Waals surface area contributed by atoms with Crippen molar-refractivity contribution in [2.24, 2.45) is 11.8 Å². The number of fused-ring (bicyclic) bond motifs is 2. The third-order valence-electron chi connectivity index (χ3n) is 7.40. The second-order valence-corrected chi connectivity index (χ2v) is 10.1. The Morgan fingerprint density at radius 2 is 1.84 bits per heavy atom. The van der Waals surface area contributed by atoms with Crippen LogP contribution in [0.25, 0.3) is 0 Å². The van der Waals surface area contributed by atoms with Gasteiger partial charge in [-0.15, -0.1) is 0 Å². The summed E-state index contributed by atoms with van der Waals surface area (Å²) < 4.78 is 42.4. The molecule has 2 amide bonds. The van der Waals surface area contributed by atoms with Crippen LogP contribution in [0.3, 0.4) is 0 Å². The molecule has 3 atom stereocenters. The molecule has 1 aliphatic heterocycles. The molecule has 37 heavy (non-hydrogen) atoms. The average molecular weight is 511 g/mol. The van der Waals surface area contributed by atoms with Crippen LogP contribution in [0.1, 0.15) is 57.3 Å². The van der Waals surface area contributed by atoms with Crippen molar-refractivity contribution in [3.8, 4) is 0 Å². The van der Waals surface area contributed by atoms with Crippen molar-refractivity contribution in [2.75, 3.05) is 12.3 Å². The van der Waals surface area contributed by atoms with E-state index in [-0.39, 0.29) is 18.4 Å². The smallest absolute Gasteiger partial charge is 0.384 e. The molecule has 1 saturated heterocycles. The van der Waals surface area contributed by atoms with Gasteiger partial charge in [0.05, 0.1) is 18.2 Å². The Morgan fingerprint density at radius 1 is 1.11 bits per heavy atom. The first kappa shape index (κ1) is 23.5. The van der Waals surface area contributed by atoms with Crippen LogP contribution in [0.5, 0.6) is 0 Å². The second-order valence-electron chi connectivity index (χ2n) is 10.1. The van der Waals surface area contributed by atoms with Crippen molar-refractivity contribution in [3.05, 3.63) is 76.2 Å². The van der Waals surface area contributed by atoms with E-state index in [1.54, 1.807) is 24.3 Å². The van der Waals surface area contributed by atoms with Gasteiger partial charge in [-0.1, -0.05) is 30.3 Å². The minimum atomic E-state index is -4.78. The predicted octanol–water partition coefficient (Wildman–Crippen LogP) is 3.32. The van der Waals surface area contributed by atoms with Gasteiger partial charge in [-0.2, -0.15) is 18.3 Å². The molecule has 3 aromatic rings. The zero-order valence-corrected chi connectivity index (χ0v) is 19.8. The number of aryl methyl sites for hydroxylation is 1. The number of carbonyl (C=O) groups excluding carboxylic acids is 2. The molecule has 1 aromatic carbocycles. The van der Waals surface area contributed by atoms with Gasteiger partial charge in [-0.3, -0.25) is 14.3 Å². The molecule has 192 valence electrons. The first-order valence-electron chi connectivity index (χ1n) is 12.2. The zero-order valence-electron chi connectivity index (χ0n) is 19.8. The van der Waals surface area contributed by atoms with E-state index in [2.05, 4.69) is 15.4 Å². The molecule has 3 N–H and O–H groups in total. The highest BCUT2D eigenvalue weighted by Crippen LogP contribution is 2.46. The molecule has 3 heterocycles. The quantitative estimate of drug-likeness (QED) is 0.529. The van der Waals surface area contributed by atoms with E-state index in [0.717, 1.165) is 46.2 Å². The summed E-state index contributed by atoms with van der Waals surface area (Å²) in [6.45, 7) is 1.39. The van der Waals surface area contributed by atoms with Crippen LogP contribution in [0.4, 0.5) is 19.0 Å². The first-order valence-corrected chi connectivity index (χ1v) is 12.2. The lowest BCUT2D eigenvalue weighted by Gasteiger charge is -2.18. The van der Waals surface area contributed by atoms with E-state index in [9.17, 15) is 22.8 Å². The summed E-state index contributed by atoms with van der Waals surface area (Å²) in [5.41, 5.74) is 7.16. The molecule has 2 aliphatic carbocycles. The van der Waals surface area contributed by atoms with Crippen molar-refractivity contribution in [1.29, 1.82) is 0 Å². The standard InChI is InChI=1S/C26H25F3N6O2/c27-26(28,29)23-19(24(36)32-21-7-6-20-17(21)5-8-22(30)31-20)13-35(33-23)11-15-3-1-14(2-4-15)10-34-12-16-9-18(16)25(34)37/h1-5,8,13,16,18,21H,6-7,9-12H2,(H2,30,31)(H,32,36)/t16?,18-,21+/m0/s1. The van der Waals surface area contributed by atoms with Gasteiger partial charge in [-0.25, -0.2) is 4.98 Å². The average Bonchev–Trinajstić information content (AvgIpc) is 3.15. The lowest BCUT2D eigenvalue weighted by Crippen LogP contribution is -2.28. The third-order valence-corrected chi connectivity index (χ3v) is 7.40. The number of likely N-dealkylation sites (tertiary alicyclic amines) is 1. The maximum absolute atomic E-state index is 13.8. The maximum atomic E-state index is 13.8. The third kappa shape index (κ3) is 4.54. The fourth-order valence-electron chi connectivity index (χ4n) is 5.41. The Hall–Kier alpha value is -3.89. The number of hydrogen-bond acceptors (Lipinski definition) is 5. The number of nitrogens with zero attached hydrogens (tertiary/aromatic N) is 4. The first-order chi connectivity index (χ1) is 17.7. The van der Waals surface area contributed by atoms with E-state index >= 15 is 0 Å². The van der Waals surface area contributed by atoms with Gasteiger partial charge in [0, 0.05) is 30.9 Å². The second kappa shape index (κ2) is 8.60. The van der Waals surface area contributed by atoms with E-state index in [1.165, 1.54) is 0 Å². The largest absolute Gasteiger partial charge is 0.435 e. The number of rotatable bonds is 6. The van der Waals surface area contributed by atoms with Crippen molar-refractivity contribution in [3.63, 3.8) is 0 Å². The fraction of sp³-hybridized carbons (Fsp3) is 0.385. The Labute approximate surface area is 210 Å². The number of alkyl halides is 3. The Bertz CT molecular complexity index is 1380. The van der Waals surface area contributed by atoms with Gasteiger partial charge in [0.1, 0.15) is 5.82 Å². The van der Waals surface area contributed by atoms with Gasteiger partial charge >= 0.3 is 6.18 Å². The van der Waals surface area contributed by atoms with Crippen LogP contribution in [0.2, 0.25) is 0 Å². The predicted molar refractivity (Wildman–Crippen MR) is 127 cm³/mol. The number of nitrogens with two attached hydrogens (primary N) is 1. The minimum Gasteiger partial charge on any atom is -0.384 e. The summed E-state index contributed by atoms with van der Waals surface area (Å²) in [5, 5.41) is 6.41. The van der Waals surface area contributed by atoms with Gasteiger partial charge in [0.15, 0.2) is 5.69 Å². The molecule has 1 saturated carbocycles. The molecule has 3 aliphatic rings. The summed E-state index contributed by atoms with van der Waals surface area (Å²) in [6, 6.07) is 10.3. The molecular formula is C26H25F3N6O2. The molecule has 0 spiro atoms. The number of anilines is 1. The van der Waals surface area contributed by atoms with Crippen molar-refractivity contribution >= 4 is 17.6 Å². The van der Waals surface area contributed by atoms with E-state index in [0.29, 0.717) is 31.1 Å². The molecule has 11 heteroatoms. The minimum absolute atomic E-state index is 0.0683. The van der Waals surface area contributed by atoms with Crippen LogP contribution in [0.15, 0.2) is 42.6 Å². The Balaban J connectivity index is 1.16. The molecular weight excluding hydrogens is 485 g/mol. The van der Waals surface area contributed by atoms with Crippen LogP contribution in [-0.2, 0) is 30.5 Å². The Kier molecular flexibility index (Phi) is 5.46. The van der Waals surface area contributed by atoms with E-state index < -0.39 is 29.4 Å². The molecule has 0 bridgehead atoms. The topological polar surface area (TPSA) is 106 Å². The van der Waals surface area contributed by atoms with Crippen molar-refractivity contribution < 1.29 is 22.8 Å². The number of aromatic nitrogens is 3. The van der Waals surface area contributed by atoms with Gasteiger partial charge in [-0.05, 0) is 47.9 Å². The number of hydrogen-bond donors (Lipinski definition) is 2. The molecule has 1 unspecified atom stereocenters. The van der Waals surface area contributed by atoms with Crippen LogP contribution in [0, 0.1) is 11.8 Å². The van der Waals surface area contributed by atoms with Gasteiger partial charge in [0.25, 0.3) is 5.91 Å². The highest BCUT2D eigenvalue weighted by atomic mass is 19.4. The molecule has 2 aromatic heterocycles. The number of halogens is 3. The monoisotopic (exact) mass is 510 g/mol. The molecule has 2 fully saturated rings. The van der Waals surface area contributed by atoms with Crippen molar-refractivity contribution in [2.45, 2.75) is 44.6 Å². The van der Waals surface area contributed by atoms with Crippen LogP contribution in [-0.4, -0.2) is 38.0 Å². The summed E-state index contributed by atoms with van der Waals surface area (Å²) in [6.07, 6.45) is -1.53. The molecule has 8 nitrogen and oxygen atoms in total. The van der Waals surface area contributed by atoms with E-state index in [4.69, 9.17) is 5.73 Å². The van der Waals surface area contributed by atoms with Crippen LogP contribution >= 0.6 is 0 Å². The number of nitrogen functional groups attached to an aromatic ring is 1. The van der Waals surface area contributed by atoms with Crippen molar-refractivity contribution in [1.82, 2.24) is 25.0 Å². The number of amides is 2. The Morgan fingerprint density at radius 3 is 2.51 bits per heavy atom. The summed E-state index contributed by atoms with van der Waals surface area (Å²) in [5.74, 6) is 0.432. The van der Waals surface area contributed by atoms with Gasteiger partial charge in [0.2, 0.25) is 5.91 Å². The SMILES string of the molecule is Nc1ccc2c(n1)CC[C@H]2NC(=O)c1cn(Cc2ccc(CN3CC4C[C@@H]4C3=O)cc2)nc1C(F)(F)F. The lowest BCUT2D eigenvalue weighted by molar-refractivity contribution is -0.141. The number of nitrogens with one attached hydrogen (secondary N) is 1. The van der Waals surface area contributed by atoms with Crippen LogP contribution < -0.4 is 11.1 Å². The molecule has 6 rings (SSSR count). The number of pyridine rings is 1. The van der Waals surface area contributed by atoms with Gasteiger partial charge < -0.3 is 16.0 Å². The normalized spacial score (nSPS) is 22.2. The van der Waals surface area contributed by atoms with E-state index in [1.807, 2.05) is 17.0 Å². The summed E-state index contributed by atoms with van der Waals surface area (Å²) in [7, 11) is 0. The summed E-state index contributed by atoms with van der Waals surface area (Å²) >= 11 is 0. The number of piperidine rings is 1. The summed E-state index contributed by atoms with van der Waals surface area (Å²) in [4.78, 5) is 31.2. The highest BCUT2D eigenvalue weighted by molar-refractivity contribution is 5.95. The number of benzene rings is 1. The highest BCUT2D eigenvalue weighted by Gasteiger charge is 2.51.